The van der Waals surface area contributed by atoms with Crippen molar-refractivity contribution in [1.82, 2.24) is 9.47 Å². The van der Waals surface area contributed by atoms with Gasteiger partial charge in [-0.15, -0.1) is 0 Å². The van der Waals surface area contributed by atoms with Gasteiger partial charge in [0.15, 0.2) is 0 Å². The number of fused-ring (bicyclic) bond motifs is 1. The Hall–Kier alpha value is -1.81. The van der Waals surface area contributed by atoms with Gasteiger partial charge in [-0.2, -0.15) is 0 Å². The maximum atomic E-state index is 12.6. The highest BCUT2D eigenvalue weighted by molar-refractivity contribution is 6.31. The normalized spacial score (nSPS) is 10.9. The topological polar surface area (TPSA) is 42.3 Å². The average molecular weight is 307 g/mol. The van der Waals surface area contributed by atoms with Gasteiger partial charge < -0.3 is 9.47 Å². The van der Waals surface area contributed by atoms with Gasteiger partial charge in [-0.05, 0) is 39.0 Å². The summed E-state index contributed by atoms with van der Waals surface area (Å²) in [5.74, 6) is -0.228. The Bertz CT molecular complexity index is 733. The number of rotatable bonds is 4. The van der Waals surface area contributed by atoms with Gasteiger partial charge in [0.05, 0.1) is 5.52 Å². The molecular weight excluding hydrogens is 288 g/mol. The minimum atomic E-state index is -0.255. The van der Waals surface area contributed by atoms with Crippen LogP contribution in [0.1, 0.15) is 31.1 Å². The molecule has 0 unspecified atom stereocenters. The zero-order valence-corrected chi connectivity index (χ0v) is 13.3. The molecule has 2 aromatic rings. The summed E-state index contributed by atoms with van der Waals surface area (Å²) in [7, 11) is 0. The largest absolute Gasteiger partial charge is 0.347 e. The zero-order valence-electron chi connectivity index (χ0n) is 12.5. The van der Waals surface area contributed by atoms with Crippen LogP contribution in [0.3, 0.4) is 0 Å². The summed E-state index contributed by atoms with van der Waals surface area (Å²) in [4.78, 5) is 26.8. The fourth-order valence-electron chi connectivity index (χ4n) is 2.46. The van der Waals surface area contributed by atoms with Crippen LogP contribution in [0.25, 0.3) is 10.9 Å². The lowest BCUT2D eigenvalue weighted by atomic mass is 10.1. The second-order valence-electron chi connectivity index (χ2n) is 4.80. The van der Waals surface area contributed by atoms with Crippen LogP contribution in [0.5, 0.6) is 0 Å². The average Bonchev–Trinajstić information content (AvgIpc) is 2.49. The van der Waals surface area contributed by atoms with Gasteiger partial charge in [0.1, 0.15) is 5.56 Å². The highest BCUT2D eigenvalue weighted by Crippen LogP contribution is 2.18. The van der Waals surface area contributed by atoms with E-state index in [-0.39, 0.29) is 16.9 Å². The summed E-state index contributed by atoms with van der Waals surface area (Å²) in [5.41, 5.74) is 0.743. The van der Waals surface area contributed by atoms with Crippen LogP contribution in [0.15, 0.2) is 29.2 Å². The van der Waals surface area contributed by atoms with Crippen LogP contribution < -0.4 is 5.43 Å². The van der Waals surface area contributed by atoms with Crippen molar-refractivity contribution in [3.8, 4) is 0 Å². The predicted molar refractivity (Wildman–Crippen MR) is 86.1 cm³/mol. The minimum absolute atomic E-state index is 0.204. The van der Waals surface area contributed by atoms with Gasteiger partial charge in [0, 0.05) is 36.2 Å². The summed E-state index contributed by atoms with van der Waals surface area (Å²) in [6.07, 6.45) is 1.65. The van der Waals surface area contributed by atoms with Gasteiger partial charge in [-0.1, -0.05) is 11.6 Å². The number of pyridine rings is 1. The first-order valence-electron chi connectivity index (χ1n) is 7.15. The molecular formula is C16H19ClN2O2. The van der Waals surface area contributed by atoms with E-state index in [0.717, 1.165) is 5.52 Å². The van der Waals surface area contributed by atoms with Crippen molar-refractivity contribution in [2.75, 3.05) is 13.1 Å². The van der Waals surface area contributed by atoms with Gasteiger partial charge in [0.25, 0.3) is 5.91 Å². The van der Waals surface area contributed by atoms with Gasteiger partial charge >= 0.3 is 0 Å². The van der Waals surface area contributed by atoms with Crippen LogP contribution in [0.4, 0.5) is 0 Å². The summed E-state index contributed by atoms with van der Waals surface area (Å²) in [6.45, 7) is 7.61. The molecule has 1 heterocycles. The standard InChI is InChI=1S/C16H19ClN2O2/c1-4-18(5-2)16(21)13-10-19(6-3)14-8-7-11(17)9-12(14)15(13)20/h7-10H,4-6H2,1-3H3. The first-order chi connectivity index (χ1) is 10.0. The maximum Gasteiger partial charge on any atom is 0.259 e. The Morgan fingerprint density at radius 1 is 1.24 bits per heavy atom. The summed E-state index contributed by atoms with van der Waals surface area (Å²) >= 11 is 5.99. The van der Waals surface area contributed by atoms with E-state index in [9.17, 15) is 9.59 Å². The highest BCUT2D eigenvalue weighted by atomic mass is 35.5. The van der Waals surface area contributed by atoms with Crippen molar-refractivity contribution in [1.29, 1.82) is 0 Å². The van der Waals surface area contributed by atoms with E-state index in [4.69, 9.17) is 11.6 Å². The number of nitrogens with zero attached hydrogens (tertiary/aromatic N) is 2. The van der Waals surface area contributed by atoms with Gasteiger partial charge in [-0.3, -0.25) is 9.59 Å². The third kappa shape index (κ3) is 2.81. The van der Waals surface area contributed by atoms with Crippen molar-refractivity contribution in [3.05, 3.63) is 45.2 Å². The summed E-state index contributed by atoms with van der Waals surface area (Å²) < 4.78 is 1.91. The van der Waals surface area contributed by atoms with Crippen LogP contribution in [0.2, 0.25) is 5.02 Å². The number of hydrogen-bond acceptors (Lipinski definition) is 2. The summed E-state index contributed by atoms with van der Waals surface area (Å²) in [6, 6.07) is 5.19. The Morgan fingerprint density at radius 3 is 2.48 bits per heavy atom. The number of carbonyl (C=O) groups excluding carboxylic acids is 1. The first kappa shape index (κ1) is 15.6. The molecule has 5 heteroatoms. The molecule has 0 bridgehead atoms. The molecule has 1 aromatic carbocycles. The SMILES string of the molecule is CCN(CC)C(=O)c1cn(CC)c2ccc(Cl)cc2c1=O. The molecule has 21 heavy (non-hydrogen) atoms. The van der Waals surface area contributed by atoms with E-state index < -0.39 is 0 Å². The van der Waals surface area contributed by atoms with Crippen molar-refractivity contribution >= 4 is 28.4 Å². The number of aromatic nitrogens is 1. The number of hydrogen-bond donors (Lipinski definition) is 0. The molecule has 0 radical (unpaired) electrons. The Balaban J connectivity index is 2.73. The number of benzene rings is 1. The molecule has 0 atom stereocenters. The number of carbonyl (C=O) groups is 1. The molecule has 0 fully saturated rings. The van der Waals surface area contributed by atoms with Crippen molar-refractivity contribution < 1.29 is 4.79 Å². The van der Waals surface area contributed by atoms with Crippen LogP contribution >= 0.6 is 11.6 Å². The molecule has 0 N–H and O–H groups in total. The third-order valence-electron chi connectivity index (χ3n) is 3.66. The summed E-state index contributed by atoms with van der Waals surface area (Å²) in [5, 5.41) is 0.983. The molecule has 1 aromatic heterocycles. The molecule has 1 amide bonds. The third-order valence-corrected chi connectivity index (χ3v) is 3.90. The molecule has 0 saturated heterocycles. The number of halogens is 1. The van der Waals surface area contributed by atoms with E-state index in [0.29, 0.717) is 30.0 Å². The van der Waals surface area contributed by atoms with Crippen molar-refractivity contribution in [3.63, 3.8) is 0 Å². The van der Waals surface area contributed by atoms with E-state index in [1.165, 1.54) is 0 Å². The van der Waals surface area contributed by atoms with Crippen molar-refractivity contribution in [2.24, 2.45) is 0 Å². The predicted octanol–water partition coefficient (Wildman–Crippen LogP) is 3.16. The Kier molecular flexibility index (Phi) is 4.68. The molecule has 0 aliphatic carbocycles. The highest BCUT2D eigenvalue weighted by Gasteiger charge is 2.19. The quantitative estimate of drug-likeness (QED) is 0.871. The van der Waals surface area contributed by atoms with Crippen LogP contribution in [-0.4, -0.2) is 28.5 Å². The van der Waals surface area contributed by atoms with E-state index >= 15 is 0 Å². The first-order valence-corrected chi connectivity index (χ1v) is 7.53. The second kappa shape index (κ2) is 6.31. The fourth-order valence-corrected chi connectivity index (χ4v) is 2.64. The van der Waals surface area contributed by atoms with Gasteiger partial charge in [-0.25, -0.2) is 0 Å². The number of aryl methyl sites for hydroxylation is 1. The lowest BCUT2D eigenvalue weighted by molar-refractivity contribution is 0.0771. The van der Waals surface area contributed by atoms with E-state index in [2.05, 4.69) is 0 Å². The fraction of sp³-hybridized carbons (Fsp3) is 0.375. The minimum Gasteiger partial charge on any atom is -0.347 e. The lowest BCUT2D eigenvalue weighted by Gasteiger charge is -2.19. The lowest BCUT2D eigenvalue weighted by Crippen LogP contribution is -2.34. The molecule has 2 rings (SSSR count). The number of amides is 1. The zero-order chi connectivity index (χ0) is 15.6. The maximum absolute atomic E-state index is 12.6. The second-order valence-corrected chi connectivity index (χ2v) is 5.23. The molecule has 0 saturated carbocycles. The van der Waals surface area contributed by atoms with Crippen LogP contribution in [0, 0.1) is 0 Å². The smallest absolute Gasteiger partial charge is 0.259 e. The van der Waals surface area contributed by atoms with Crippen molar-refractivity contribution in [2.45, 2.75) is 27.3 Å². The van der Waals surface area contributed by atoms with Crippen LogP contribution in [-0.2, 0) is 6.54 Å². The molecule has 112 valence electrons. The Morgan fingerprint density at radius 2 is 1.90 bits per heavy atom. The monoisotopic (exact) mass is 306 g/mol. The molecule has 0 aliphatic rings. The van der Waals surface area contributed by atoms with Gasteiger partial charge in [0.2, 0.25) is 5.43 Å². The molecule has 0 spiro atoms. The molecule has 0 aliphatic heterocycles. The Labute approximate surface area is 128 Å². The van der Waals surface area contributed by atoms with E-state index in [1.807, 2.05) is 31.4 Å². The van der Waals surface area contributed by atoms with E-state index in [1.54, 1.807) is 23.2 Å². The molecule has 4 nitrogen and oxygen atoms in total.